The van der Waals surface area contributed by atoms with Gasteiger partial charge < -0.3 is 14.2 Å². The first-order valence-electron chi connectivity index (χ1n) is 10.2. The second-order valence-electron chi connectivity index (χ2n) is 7.58. The van der Waals surface area contributed by atoms with Crippen LogP contribution in [0.25, 0.3) is 10.8 Å². The normalized spacial score (nSPS) is 15.0. The lowest BCUT2D eigenvalue weighted by Crippen LogP contribution is -2.26. The number of fused-ring (bicyclic) bond motifs is 1. The smallest absolute Gasteiger partial charge is 0.429 e. The van der Waals surface area contributed by atoms with E-state index in [0.717, 1.165) is 24.1 Å². The van der Waals surface area contributed by atoms with Gasteiger partial charge in [0, 0.05) is 16.9 Å². The largest absolute Gasteiger partial charge is 0.458 e. The van der Waals surface area contributed by atoms with Crippen molar-refractivity contribution in [2.45, 2.75) is 25.0 Å². The SMILES string of the molecule is Fc1cc2cc(OC(F)(F)c3c(F)cc(C4OCCCO4)cc3F)ccc2c(F)c1C#CC(F)(F)F. The van der Waals surface area contributed by atoms with Crippen molar-refractivity contribution < 1.29 is 53.7 Å². The van der Waals surface area contributed by atoms with Crippen LogP contribution in [0, 0.1) is 35.1 Å². The summed E-state index contributed by atoms with van der Waals surface area (Å²) in [6.07, 6.45) is -10.2. The van der Waals surface area contributed by atoms with Gasteiger partial charge in [-0.15, -0.1) is 0 Å². The molecular weight excluding hydrogens is 507 g/mol. The van der Waals surface area contributed by atoms with Crippen LogP contribution in [-0.2, 0) is 15.6 Å². The summed E-state index contributed by atoms with van der Waals surface area (Å²) < 4.78 is 139. The molecule has 0 spiro atoms. The van der Waals surface area contributed by atoms with Gasteiger partial charge in [0.05, 0.1) is 18.8 Å². The highest BCUT2D eigenvalue weighted by molar-refractivity contribution is 5.86. The molecule has 0 bridgehead atoms. The maximum absolute atomic E-state index is 14.7. The third kappa shape index (κ3) is 5.37. The molecule has 1 aliphatic heterocycles. The van der Waals surface area contributed by atoms with E-state index >= 15 is 0 Å². The molecule has 190 valence electrons. The molecule has 1 heterocycles. The molecule has 1 fully saturated rings. The summed E-state index contributed by atoms with van der Waals surface area (Å²) in [5.41, 5.74) is -3.06. The highest BCUT2D eigenvalue weighted by atomic mass is 19.4. The molecule has 36 heavy (non-hydrogen) atoms. The van der Waals surface area contributed by atoms with Crippen LogP contribution in [0.5, 0.6) is 5.75 Å². The minimum Gasteiger partial charge on any atom is -0.429 e. The van der Waals surface area contributed by atoms with E-state index in [1.807, 2.05) is 0 Å². The van der Waals surface area contributed by atoms with Gasteiger partial charge in [-0.3, -0.25) is 0 Å². The Morgan fingerprint density at radius 3 is 2.08 bits per heavy atom. The number of benzene rings is 3. The van der Waals surface area contributed by atoms with Gasteiger partial charge in [0.1, 0.15) is 34.6 Å². The maximum atomic E-state index is 14.7. The fraction of sp³-hybridized carbons (Fsp3) is 0.250. The van der Waals surface area contributed by atoms with Crippen molar-refractivity contribution in [3.63, 3.8) is 0 Å². The average Bonchev–Trinajstić information content (AvgIpc) is 2.77. The number of alkyl halides is 5. The first-order chi connectivity index (χ1) is 16.9. The predicted molar refractivity (Wildman–Crippen MR) is 107 cm³/mol. The number of ether oxygens (including phenoxy) is 3. The van der Waals surface area contributed by atoms with Crippen molar-refractivity contribution in [3.05, 3.63) is 76.4 Å². The monoisotopic (exact) mass is 520 g/mol. The van der Waals surface area contributed by atoms with E-state index < -0.39 is 64.1 Å². The number of hydrogen-bond acceptors (Lipinski definition) is 3. The van der Waals surface area contributed by atoms with Gasteiger partial charge in [-0.1, -0.05) is 5.92 Å². The van der Waals surface area contributed by atoms with Crippen LogP contribution >= 0.6 is 0 Å². The zero-order valence-electron chi connectivity index (χ0n) is 17.8. The molecule has 4 rings (SSSR count). The van der Waals surface area contributed by atoms with Crippen molar-refractivity contribution in [2.75, 3.05) is 13.2 Å². The van der Waals surface area contributed by atoms with E-state index in [1.165, 1.54) is 5.92 Å². The summed E-state index contributed by atoms with van der Waals surface area (Å²) in [5.74, 6) is -4.90. The Balaban J connectivity index is 1.65. The van der Waals surface area contributed by atoms with Crippen LogP contribution in [0.15, 0.2) is 36.4 Å². The lowest BCUT2D eigenvalue weighted by molar-refractivity contribution is -0.190. The molecule has 3 aromatic rings. The summed E-state index contributed by atoms with van der Waals surface area (Å²) in [7, 11) is 0. The Kier molecular flexibility index (Phi) is 6.81. The van der Waals surface area contributed by atoms with Crippen LogP contribution in [0.2, 0.25) is 0 Å². The molecule has 0 saturated carbocycles. The zero-order chi connectivity index (χ0) is 26.3. The van der Waals surface area contributed by atoms with E-state index in [4.69, 9.17) is 9.47 Å². The van der Waals surface area contributed by atoms with Gasteiger partial charge in [0.25, 0.3) is 0 Å². The summed E-state index contributed by atoms with van der Waals surface area (Å²) in [4.78, 5) is 0. The Hall–Kier alpha value is -3.43. The molecule has 0 aromatic heterocycles. The topological polar surface area (TPSA) is 27.7 Å². The minimum absolute atomic E-state index is 0.162. The molecule has 12 heteroatoms. The number of hydrogen-bond donors (Lipinski definition) is 0. The van der Waals surface area contributed by atoms with E-state index in [9.17, 15) is 39.5 Å². The molecule has 3 aromatic carbocycles. The quantitative estimate of drug-likeness (QED) is 0.278. The van der Waals surface area contributed by atoms with Gasteiger partial charge >= 0.3 is 12.3 Å². The second kappa shape index (κ2) is 9.55. The lowest BCUT2D eigenvalue weighted by Gasteiger charge is -2.25. The predicted octanol–water partition coefficient (Wildman–Crippen LogP) is 6.87. The van der Waals surface area contributed by atoms with Crippen LogP contribution in [0.3, 0.4) is 0 Å². The van der Waals surface area contributed by atoms with Crippen molar-refractivity contribution in [3.8, 4) is 17.6 Å². The fourth-order valence-corrected chi connectivity index (χ4v) is 3.51. The standard InChI is InChI=1S/C24H13F9O3/c25-17-9-12-8-14(2-3-15(12)21(28)16(17)4-5-23(29,30)31)36-24(32,33)20-18(26)10-13(11-19(20)27)22-34-6-1-7-35-22/h2-3,8-11,22H,1,6-7H2. The van der Waals surface area contributed by atoms with Crippen LogP contribution in [0.1, 0.15) is 29.4 Å². The summed E-state index contributed by atoms with van der Waals surface area (Å²) in [6.45, 7) is 0.489. The third-order valence-corrected chi connectivity index (χ3v) is 5.03. The minimum atomic E-state index is -5.00. The van der Waals surface area contributed by atoms with Crippen molar-refractivity contribution in [2.24, 2.45) is 0 Å². The van der Waals surface area contributed by atoms with Crippen LogP contribution in [0.4, 0.5) is 39.5 Å². The maximum Gasteiger partial charge on any atom is 0.458 e. The molecule has 0 radical (unpaired) electrons. The third-order valence-electron chi connectivity index (χ3n) is 5.03. The highest BCUT2D eigenvalue weighted by Crippen LogP contribution is 2.38. The van der Waals surface area contributed by atoms with Crippen LogP contribution in [-0.4, -0.2) is 19.4 Å². The first kappa shape index (κ1) is 25.7. The Morgan fingerprint density at radius 2 is 1.47 bits per heavy atom. The van der Waals surface area contributed by atoms with E-state index in [-0.39, 0.29) is 24.2 Å². The molecule has 0 aliphatic carbocycles. The van der Waals surface area contributed by atoms with Crippen molar-refractivity contribution in [1.29, 1.82) is 0 Å². The molecule has 0 unspecified atom stereocenters. The van der Waals surface area contributed by atoms with Crippen molar-refractivity contribution >= 4 is 10.8 Å². The van der Waals surface area contributed by atoms with Gasteiger partial charge in [0.2, 0.25) is 0 Å². The molecule has 1 saturated heterocycles. The number of halogens is 9. The molecule has 3 nitrogen and oxygen atoms in total. The van der Waals surface area contributed by atoms with E-state index in [2.05, 4.69) is 4.74 Å². The Bertz CT molecular complexity index is 1340. The summed E-state index contributed by atoms with van der Waals surface area (Å²) in [5, 5.41) is -0.827. The second-order valence-corrected chi connectivity index (χ2v) is 7.58. The van der Waals surface area contributed by atoms with E-state index in [0.29, 0.717) is 24.6 Å². The molecule has 0 amide bonds. The number of rotatable bonds is 4. The van der Waals surface area contributed by atoms with Crippen LogP contribution < -0.4 is 4.74 Å². The van der Waals surface area contributed by atoms with Gasteiger partial charge in [-0.05, 0) is 48.2 Å². The summed E-state index contributed by atoms with van der Waals surface area (Å²) >= 11 is 0. The molecule has 0 N–H and O–H groups in total. The fourth-order valence-electron chi connectivity index (χ4n) is 3.51. The Labute approximate surface area is 197 Å². The summed E-state index contributed by atoms with van der Waals surface area (Å²) in [6, 6.07) is 4.10. The highest BCUT2D eigenvalue weighted by Gasteiger charge is 2.41. The van der Waals surface area contributed by atoms with E-state index in [1.54, 1.807) is 0 Å². The Morgan fingerprint density at radius 1 is 0.833 bits per heavy atom. The lowest BCUT2D eigenvalue weighted by atomic mass is 10.0. The first-order valence-corrected chi connectivity index (χ1v) is 10.2. The molecule has 0 atom stereocenters. The molecule has 1 aliphatic rings. The van der Waals surface area contributed by atoms with Gasteiger partial charge in [-0.25, -0.2) is 17.6 Å². The van der Waals surface area contributed by atoms with Gasteiger partial charge in [-0.2, -0.15) is 22.0 Å². The molecular formula is C24H13F9O3. The zero-order valence-corrected chi connectivity index (χ0v) is 17.8. The van der Waals surface area contributed by atoms with Crippen molar-refractivity contribution in [1.82, 2.24) is 0 Å². The average molecular weight is 520 g/mol. The van der Waals surface area contributed by atoms with Gasteiger partial charge in [0.15, 0.2) is 6.29 Å².